The summed E-state index contributed by atoms with van der Waals surface area (Å²) in [6.45, 7) is 5.67. The van der Waals surface area contributed by atoms with Gasteiger partial charge in [0.2, 0.25) is 0 Å². The van der Waals surface area contributed by atoms with Crippen LogP contribution >= 0.6 is 11.6 Å². The van der Waals surface area contributed by atoms with Crippen molar-refractivity contribution in [1.82, 2.24) is 9.78 Å². The zero-order chi connectivity index (χ0) is 13.5. The van der Waals surface area contributed by atoms with Crippen molar-refractivity contribution in [2.45, 2.75) is 45.6 Å². The largest absolute Gasteiger partial charge is 0.381 e. The van der Waals surface area contributed by atoms with Crippen LogP contribution in [0.2, 0.25) is 5.02 Å². The molecule has 0 radical (unpaired) electrons. The van der Waals surface area contributed by atoms with Crippen molar-refractivity contribution < 1.29 is 4.74 Å². The van der Waals surface area contributed by atoms with Gasteiger partial charge < -0.3 is 10.5 Å². The summed E-state index contributed by atoms with van der Waals surface area (Å²) in [5, 5.41) is 5.16. The molecule has 4 nitrogen and oxygen atoms in total. The van der Waals surface area contributed by atoms with E-state index < -0.39 is 0 Å². The van der Waals surface area contributed by atoms with Gasteiger partial charge in [-0.1, -0.05) is 25.4 Å². The molecule has 1 aromatic heterocycles. The average Bonchev–Trinajstić information content (AvgIpc) is 2.62. The van der Waals surface area contributed by atoms with Gasteiger partial charge in [0.05, 0.1) is 16.4 Å². The highest BCUT2D eigenvalue weighted by molar-refractivity contribution is 6.31. The number of aromatic nitrogens is 2. The molecule has 0 aliphatic carbocycles. The first-order valence-electron chi connectivity index (χ1n) is 6.63. The first kappa shape index (κ1) is 15.5. The normalized spacial score (nSPS) is 12.9. The van der Waals surface area contributed by atoms with Gasteiger partial charge >= 0.3 is 0 Å². The molecule has 5 heteroatoms. The molecule has 0 aliphatic heterocycles. The van der Waals surface area contributed by atoms with E-state index in [1.165, 1.54) is 0 Å². The molecule has 104 valence electrons. The molecule has 0 amide bonds. The van der Waals surface area contributed by atoms with Crippen LogP contribution in [0, 0.1) is 0 Å². The molecule has 1 aromatic rings. The van der Waals surface area contributed by atoms with E-state index in [2.05, 4.69) is 18.9 Å². The molecule has 0 fully saturated rings. The molecular formula is C13H24ClN3O. The lowest BCUT2D eigenvalue weighted by atomic mass is 10.1. The average molecular weight is 274 g/mol. The molecule has 0 saturated carbocycles. The summed E-state index contributed by atoms with van der Waals surface area (Å²) in [7, 11) is 1.92. The maximum Gasteiger partial charge on any atom is 0.0850 e. The summed E-state index contributed by atoms with van der Waals surface area (Å²) < 4.78 is 7.28. The Hall–Kier alpha value is -0.580. The van der Waals surface area contributed by atoms with Gasteiger partial charge in [0.15, 0.2) is 0 Å². The Morgan fingerprint density at radius 3 is 2.67 bits per heavy atom. The predicted octanol–water partition coefficient (Wildman–Crippen LogP) is 2.32. The molecule has 0 aromatic carbocycles. The van der Waals surface area contributed by atoms with Gasteiger partial charge in [-0.15, -0.1) is 0 Å². The highest BCUT2D eigenvalue weighted by atomic mass is 35.5. The number of hydrogen-bond acceptors (Lipinski definition) is 3. The van der Waals surface area contributed by atoms with Crippen molar-refractivity contribution in [3.63, 3.8) is 0 Å². The van der Waals surface area contributed by atoms with Gasteiger partial charge in [0.25, 0.3) is 0 Å². The fourth-order valence-corrected chi connectivity index (χ4v) is 2.24. The zero-order valence-corrected chi connectivity index (χ0v) is 12.3. The Kier molecular flexibility index (Phi) is 6.68. The number of rotatable bonds is 8. The molecule has 1 atom stereocenters. The minimum absolute atomic E-state index is 0.0689. The predicted molar refractivity (Wildman–Crippen MR) is 75.0 cm³/mol. The smallest absolute Gasteiger partial charge is 0.0850 e. The number of halogens is 1. The van der Waals surface area contributed by atoms with E-state index in [0.29, 0.717) is 6.61 Å². The second-order valence-corrected chi connectivity index (χ2v) is 4.93. The maximum absolute atomic E-state index is 6.29. The lowest BCUT2D eigenvalue weighted by Crippen LogP contribution is -2.26. The monoisotopic (exact) mass is 273 g/mol. The molecule has 0 aliphatic rings. The Labute approximate surface area is 114 Å². The lowest BCUT2D eigenvalue weighted by Gasteiger charge is -2.12. The van der Waals surface area contributed by atoms with Crippen LogP contribution in [0.25, 0.3) is 0 Å². The van der Waals surface area contributed by atoms with Crippen LogP contribution in [0.1, 0.15) is 38.1 Å². The van der Waals surface area contributed by atoms with Crippen LogP contribution < -0.4 is 5.73 Å². The Bertz CT molecular complexity index is 365. The summed E-state index contributed by atoms with van der Waals surface area (Å²) in [5.74, 6) is 0. The molecule has 0 bridgehead atoms. The summed E-state index contributed by atoms with van der Waals surface area (Å²) in [4.78, 5) is 0. The Balaban J connectivity index is 2.48. The van der Waals surface area contributed by atoms with Crippen LogP contribution in [-0.4, -0.2) is 29.0 Å². The van der Waals surface area contributed by atoms with Gasteiger partial charge in [-0.2, -0.15) is 5.10 Å². The van der Waals surface area contributed by atoms with Crippen molar-refractivity contribution in [2.75, 3.05) is 13.2 Å². The number of aryl methyl sites for hydroxylation is 2. The van der Waals surface area contributed by atoms with E-state index in [-0.39, 0.29) is 6.04 Å². The third kappa shape index (κ3) is 4.26. The van der Waals surface area contributed by atoms with Crippen molar-refractivity contribution in [3.8, 4) is 0 Å². The molecule has 2 N–H and O–H groups in total. The van der Waals surface area contributed by atoms with Crippen LogP contribution in [0.4, 0.5) is 0 Å². The molecule has 1 heterocycles. The van der Waals surface area contributed by atoms with Crippen LogP contribution in [-0.2, 0) is 24.6 Å². The van der Waals surface area contributed by atoms with Crippen molar-refractivity contribution in [3.05, 3.63) is 16.4 Å². The first-order chi connectivity index (χ1) is 8.60. The standard InChI is InChI=1S/C13H24ClN3O/c1-4-7-18-8-6-10(15)9-12-13(14)11(5-2)16-17(12)3/h10H,4-9,15H2,1-3H3. The zero-order valence-electron chi connectivity index (χ0n) is 11.6. The van der Waals surface area contributed by atoms with Crippen LogP contribution in [0.5, 0.6) is 0 Å². The van der Waals surface area contributed by atoms with Crippen molar-refractivity contribution >= 4 is 11.6 Å². The Morgan fingerprint density at radius 1 is 1.39 bits per heavy atom. The molecular weight excluding hydrogens is 250 g/mol. The first-order valence-corrected chi connectivity index (χ1v) is 7.01. The van der Waals surface area contributed by atoms with Crippen molar-refractivity contribution in [1.29, 1.82) is 0 Å². The molecule has 1 rings (SSSR count). The third-order valence-electron chi connectivity index (χ3n) is 2.94. The van der Waals surface area contributed by atoms with Crippen LogP contribution in [0.3, 0.4) is 0 Å². The van der Waals surface area contributed by atoms with E-state index in [0.717, 1.165) is 48.7 Å². The molecule has 0 spiro atoms. The highest BCUT2D eigenvalue weighted by Crippen LogP contribution is 2.22. The maximum atomic E-state index is 6.29. The van der Waals surface area contributed by atoms with E-state index in [9.17, 15) is 0 Å². The minimum Gasteiger partial charge on any atom is -0.381 e. The van der Waals surface area contributed by atoms with Gasteiger partial charge in [-0.05, 0) is 19.3 Å². The third-order valence-corrected chi connectivity index (χ3v) is 3.38. The van der Waals surface area contributed by atoms with Gasteiger partial charge in [0.1, 0.15) is 0 Å². The van der Waals surface area contributed by atoms with Crippen molar-refractivity contribution in [2.24, 2.45) is 12.8 Å². The summed E-state index contributed by atoms with van der Waals surface area (Å²) >= 11 is 6.29. The highest BCUT2D eigenvalue weighted by Gasteiger charge is 2.15. The molecule has 18 heavy (non-hydrogen) atoms. The Morgan fingerprint density at radius 2 is 2.11 bits per heavy atom. The number of nitrogens with zero attached hydrogens (tertiary/aromatic N) is 2. The molecule has 1 unspecified atom stereocenters. The molecule has 0 saturated heterocycles. The second kappa shape index (κ2) is 7.77. The van der Waals surface area contributed by atoms with Crippen LogP contribution in [0.15, 0.2) is 0 Å². The van der Waals surface area contributed by atoms with Gasteiger partial charge in [-0.25, -0.2) is 0 Å². The quantitative estimate of drug-likeness (QED) is 0.740. The SMILES string of the molecule is CCCOCCC(N)Cc1c(Cl)c(CC)nn1C. The van der Waals surface area contributed by atoms with E-state index >= 15 is 0 Å². The van der Waals surface area contributed by atoms with E-state index in [1.807, 2.05) is 11.7 Å². The number of hydrogen-bond donors (Lipinski definition) is 1. The van der Waals surface area contributed by atoms with E-state index in [4.69, 9.17) is 22.1 Å². The topological polar surface area (TPSA) is 53.1 Å². The fourth-order valence-electron chi connectivity index (χ4n) is 1.87. The number of ether oxygens (including phenoxy) is 1. The minimum atomic E-state index is 0.0689. The fraction of sp³-hybridized carbons (Fsp3) is 0.769. The van der Waals surface area contributed by atoms with E-state index in [1.54, 1.807) is 0 Å². The second-order valence-electron chi connectivity index (χ2n) is 4.55. The van der Waals surface area contributed by atoms with Gasteiger partial charge in [0, 0.05) is 32.7 Å². The van der Waals surface area contributed by atoms with Gasteiger partial charge in [-0.3, -0.25) is 4.68 Å². The summed E-state index contributed by atoms with van der Waals surface area (Å²) in [6, 6.07) is 0.0689. The number of nitrogens with two attached hydrogens (primary N) is 1. The lowest BCUT2D eigenvalue weighted by molar-refractivity contribution is 0.127. The summed E-state index contributed by atoms with van der Waals surface area (Å²) in [6.07, 6.45) is 3.49. The summed E-state index contributed by atoms with van der Waals surface area (Å²) in [5.41, 5.74) is 8.07.